The Morgan fingerprint density at radius 2 is 1.28 bits per heavy atom. The fraction of sp³-hybridized carbons (Fsp3) is 0.960. The van der Waals surface area contributed by atoms with Crippen LogP contribution in [0.15, 0.2) is 0 Å². The number of carbonyl (C=O) groups is 1. The highest BCUT2D eigenvalue weighted by Crippen LogP contribution is 2.13. The van der Waals surface area contributed by atoms with Gasteiger partial charge in [-0.1, -0.05) is 84.0 Å². The van der Waals surface area contributed by atoms with Crippen LogP contribution in [0.5, 0.6) is 0 Å². The average molecular weight is 481 g/mol. The Labute approximate surface area is 201 Å². The van der Waals surface area contributed by atoms with Crippen molar-refractivity contribution >= 4 is 17.6 Å². The highest BCUT2D eigenvalue weighted by molar-refractivity contribution is 6.18. The monoisotopic (exact) mass is 480 g/mol. The molecule has 0 aromatic rings. The Hall–Kier alpha value is -0.400. The Balaban J connectivity index is 3.80. The lowest BCUT2D eigenvalue weighted by Gasteiger charge is -2.38. The van der Waals surface area contributed by atoms with Crippen molar-refractivity contribution in [2.24, 2.45) is 0 Å². The molecule has 0 bridgehead atoms. The van der Waals surface area contributed by atoms with Crippen LogP contribution < -0.4 is 0 Å². The molecule has 0 aromatic heterocycles. The highest BCUT2D eigenvalue weighted by Gasteiger charge is 2.29. The molecule has 32 heavy (non-hydrogen) atoms. The van der Waals surface area contributed by atoms with E-state index >= 15 is 0 Å². The zero-order valence-corrected chi connectivity index (χ0v) is 21.4. The van der Waals surface area contributed by atoms with E-state index < -0.39 is 6.10 Å². The van der Waals surface area contributed by atoms with Gasteiger partial charge in [0.1, 0.15) is 38.9 Å². The van der Waals surface area contributed by atoms with Gasteiger partial charge in [-0.25, -0.2) is 0 Å². The lowest BCUT2D eigenvalue weighted by molar-refractivity contribution is -0.931. The van der Waals surface area contributed by atoms with Crippen molar-refractivity contribution < 1.29 is 29.3 Å². The minimum atomic E-state index is -0.726. The molecule has 0 aliphatic rings. The smallest absolute Gasteiger partial charge is 0.305 e. The van der Waals surface area contributed by atoms with Gasteiger partial charge in [-0.2, -0.15) is 0 Å². The molecule has 1 atom stereocenters. The number of unbranched alkanes of at least 4 members (excludes halogenated alkanes) is 12. The molecule has 7 heteroatoms. The maximum Gasteiger partial charge on any atom is 0.305 e. The van der Waals surface area contributed by atoms with Crippen molar-refractivity contribution in [3.8, 4) is 0 Å². The summed E-state index contributed by atoms with van der Waals surface area (Å²) < 4.78 is 5.66. The summed E-state index contributed by atoms with van der Waals surface area (Å²) in [6.07, 6.45) is 16.2. The SMILES string of the molecule is CCCCCCCCCCCCCCCC(=O)OCC[N+](CCO)(CCO)C[C@H](O)CCl. The second-order valence-corrected chi connectivity index (χ2v) is 9.47. The van der Waals surface area contributed by atoms with Crippen molar-refractivity contribution in [3.05, 3.63) is 0 Å². The second kappa shape index (κ2) is 22.4. The molecule has 0 saturated heterocycles. The molecular formula is C25H51ClNO5+. The Kier molecular flexibility index (Phi) is 22.1. The number of halogens is 1. The minimum Gasteiger partial charge on any atom is -0.460 e. The van der Waals surface area contributed by atoms with Crippen molar-refractivity contribution in [1.29, 1.82) is 0 Å². The molecule has 0 aliphatic carbocycles. The summed E-state index contributed by atoms with van der Waals surface area (Å²) in [5.41, 5.74) is 0. The summed E-state index contributed by atoms with van der Waals surface area (Å²) in [4.78, 5) is 12.0. The van der Waals surface area contributed by atoms with Gasteiger partial charge >= 0.3 is 5.97 Å². The van der Waals surface area contributed by atoms with Crippen LogP contribution in [0.2, 0.25) is 0 Å². The van der Waals surface area contributed by atoms with Crippen molar-refractivity contribution in [3.63, 3.8) is 0 Å². The normalized spacial score (nSPS) is 12.8. The number of alkyl halides is 1. The van der Waals surface area contributed by atoms with Gasteiger partial charge in [0, 0.05) is 6.42 Å². The number of aliphatic hydroxyl groups excluding tert-OH is 3. The topological polar surface area (TPSA) is 87.0 Å². The third kappa shape index (κ3) is 18.1. The third-order valence-corrected chi connectivity index (χ3v) is 6.59. The van der Waals surface area contributed by atoms with Gasteiger partial charge in [-0.05, 0) is 6.42 Å². The predicted molar refractivity (Wildman–Crippen MR) is 132 cm³/mol. The van der Waals surface area contributed by atoms with Crippen LogP contribution in [0.25, 0.3) is 0 Å². The summed E-state index contributed by atoms with van der Waals surface area (Å²) >= 11 is 5.72. The number of hydrogen-bond donors (Lipinski definition) is 3. The van der Waals surface area contributed by atoms with Crippen LogP contribution in [0.3, 0.4) is 0 Å². The molecule has 3 N–H and O–H groups in total. The number of esters is 1. The molecule has 0 amide bonds. The molecule has 192 valence electrons. The first-order valence-electron chi connectivity index (χ1n) is 13.0. The summed E-state index contributed by atoms with van der Waals surface area (Å²) in [7, 11) is 0. The van der Waals surface area contributed by atoms with Crippen LogP contribution in [-0.2, 0) is 9.53 Å². The van der Waals surface area contributed by atoms with Gasteiger partial charge in [0.25, 0.3) is 0 Å². The number of hydrogen-bond acceptors (Lipinski definition) is 5. The van der Waals surface area contributed by atoms with E-state index in [4.69, 9.17) is 16.3 Å². The number of aliphatic hydroxyl groups is 3. The predicted octanol–water partition coefficient (Wildman–Crippen LogP) is 4.41. The molecule has 0 rings (SSSR count). The van der Waals surface area contributed by atoms with E-state index in [0.717, 1.165) is 12.8 Å². The lowest BCUT2D eigenvalue weighted by Crippen LogP contribution is -2.57. The van der Waals surface area contributed by atoms with Crippen LogP contribution in [0.4, 0.5) is 0 Å². The maximum atomic E-state index is 12.0. The number of rotatable bonds is 24. The quantitative estimate of drug-likeness (QED) is 0.0824. The number of ether oxygens (including phenoxy) is 1. The average Bonchev–Trinajstić information content (AvgIpc) is 2.77. The van der Waals surface area contributed by atoms with Crippen LogP contribution in [-0.4, -0.2) is 83.8 Å². The molecule has 0 aromatic carbocycles. The van der Waals surface area contributed by atoms with E-state index in [-0.39, 0.29) is 36.2 Å². The zero-order chi connectivity index (χ0) is 23.9. The summed E-state index contributed by atoms with van der Waals surface area (Å²) in [5, 5.41) is 28.7. The van der Waals surface area contributed by atoms with Gasteiger partial charge < -0.3 is 24.5 Å². The van der Waals surface area contributed by atoms with Crippen LogP contribution >= 0.6 is 11.6 Å². The Bertz CT molecular complexity index is 419. The summed E-state index contributed by atoms with van der Waals surface area (Å²) in [6.45, 7) is 3.86. The lowest BCUT2D eigenvalue weighted by atomic mass is 10.0. The first kappa shape index (κ1) is 31.6. The molecule has 0 aliphatic heterocycles. The van der Waals surface area contributed by atoms with E-state index in [2.05, 4.69) is 6.92 Å². The molecule has 0 saturated carbocycles. The van der Waals surface area contributed by atoms with Gasteiger partial charge in [-0.3, -0.25) is 4.79 Å². The Morgan fingerprint density at radius 3 is 1.72 bits per heavy atom. The molecule has 0 spiro atoms. The van der Waals surface area contributed by atoms with E-state index in [1.54, 1.807) is 0 Å². The summed E-state index contributed by atoms with van der Waals surface area (Å²) in [5.74, 6) is -0.104. The van der Waals surface area contributed by atoms with Crippen molar-refractivity contribution in [2.75, 3.05) is 51.9 Å². The standard InChI is InChI=1S/C25H51ClNO5/c1-2-3-4-5-6-7-8-9-10-11-12-13-14-15-25(31)32-21-18-27(16-19-28,17-20-29)23-24(30)22-26/h24,28-30H,2-23H2,1H3/q+1/t24-/m1/s1. The van der Waals surface area contributed by atoms with E-state index in [9.17, 15) is 20.1 Å². The van der Waals surface area contributed by atoms with Crippen LogP contribution in [0.1, 0.15) is 96.8 Å². The van der Waals surface area contributed by atoms with Crippen molar-refractivity contribution in [1.82, 2.24) is 0 Å². The van der Waals surface area contributed by atoms with E-state index in [1.807, 2.05) is 0 Å². The largest absolute Gasteiger partial charge is 0.460 e. The van der Waals surface area contributed by atoms with E-state index in [1.165, 1.54) is 70.6 Å². The minimum absolute atomic E-state index is 0.0675. The molecule has 0 fully saturated rings. The van der Waals surface area contributed by atoms with Gasteiger partial charge in [0.05, 0.1) is 19.1 Å². The number of nitrogens with zero attached hydrogens (tertiary/aromatic N) is 1. The fourth-order valence-corrected chi connectivity index (χ4v) is 4.34. The molecular weight excluding hydrogens is 430 g/mol. The van der Waals surface area contributed by atoms with Crippen LogP contribution in [0, 0.1) is 0 Å². The molecule has 0 unspecified atom stereocenters. The van der Waals surface area contributed by atoms with Crippen molar-refractivity contribution in [2.45, 2.75) is 103 Å². The van der Waals surface area contributed by atoms with Gasteiger partial charge in [0.2, 0.25) is 0 Å². The first-order valence-corrected chi connectivity index (χ1v) is 13.5. The number of carbonyl (C=O) groups excluding carboxylic acids is 1. The van der Waals surface area contributed by atoms with Gasteiger partial charge in [0.15, 0.2) is 0 Å². The molecule has 6 nitrogen and oxygen atoms in total. The second-order valence-electron chi connectivity index (χ2n) is 9.16. The third-order valence-electron chi connectivity index (χ3n) is 6.24. The molecule has 0 radical (unpaired) electrons. The number of quaternary nitrogens is 1. The summed E-state index contributed by atoms with van der Waals surface area (Å²) in [6, 6.07) is 0. The van der Waals surface area contributed by atoms with E-state index in [0.29, 0.717) is 32.6 Å². The molecule has 0 heterocycles. The zero-order valence-electron chi connectivity index (χ0n) is 20.6. The first-order chi connectivity index (χ1) is 15.5. The fourth-order valence-electron chi connectivity index (χ4n) is 4.24. The Morgan fingerprint density at radius 1 is 0.812 bits per heavy atom. The highest BCUT2D eigenvalue weighted by atomic mass is 35.5. The maximum absolute atomic E-state index is 12.0. The van der Waals surface area contributed by atoms with Gasteiger partial charge in [-0.15, -0.1) is 11.6 Å².